The van der Waals surface area contributed by atoms with E-state index in [4.69, 9.17) is 16.7 Å². The van der Waals surface area contributed by atoms with Gasteiger partial charge in [0, 0.05) is 0 Å². The van der Waals surface area contributed by atoms with Crippen molar-refractivity contribution in [3.05, 3.63) is 26.0 Å². The molecule has 0 saturated heterocycles. The van der Waals surface area contributed by atoms with Crippen molar-refractivity contribution in [2.24, 2.45) is 0 Å². The van der Waals surface area contributed by atoms with Gasteiger partial charge in [-0.2, -0.15) is 0 Å². The molecular weight excluding hydrogens is 342 g/mol. The highest BCUT2D eigenvalue weighted by molar-refractivity contribution is 14.1. The Morgan fingerprint density at radius 1 is 1.67 bits per heavy atom. The summed E-state index contributed by atoms with van der Waals surface area (Å²) in [6.45, 7) is 0. The van der Waals surface area contributed by atoms with Gasteiger partial charge >= 0.3 is 5.97 Å². The summed E-state index contributed by atoms with van der Waals surface area (Å²) in [5, 5.41) is 8.25. The standard InChI is InChI=1S/C8H5ClF2INO2/c9-6-4(7(10)11)1-3(2-5(14)15)8(12)13-6/h1,7H,2H2,(H,14,15). The number of nitrogens with zero attached hydrogens (tertiary/aromatic N) is 1. The van der Waals surface area contributed by atoms with Crippen LogP contribution in [0.15, 0.2) is 6.07 Å². The van der Waals surface area contributed by atoms with Gasteiger partial charge < -0.3 is 5.11 Å². The Morgan fingerprint density at radius 2 is 2.27 bits per heavy atom. The van der Waals surface area contributed by atoms with Gasteiger partial charge in [-0.25, -0.2) is 13.8 Å². The third-order valence-electron chi connectivity index (χ3n) is 1.61. The minimum absolute atomic E-state index is 0.239. The zero-order valence-corrected chi connectivity index (χ0v) is 10.1. The number of hydrogen-bond donors (Lipinski definition) is 1. The van der Waals surface area contributed by atoms with E-state index in [9.17, 15) is 13.6 Å². The van der Waals surface area contributed by atoms with Gasteiger partial charge in [0.05, 0.1) is 12.0 Å². The van der Waals surface area contributed by atoms with Crippen LogP contribution in [0.2, 0.25) is 5.15 Å². The molecule has 0 aromatic carbocycles. The minimum atomic E-state index is -2.76. The Morgan fingerprint density at radius 3 is 2.73 bits per heavy atom. The molecule has 1 N–H and O–H groups in total. The second-order valence-electron chi connectivity index (χ2n) is 2.69. The molecule has 0 bridgehead atoms. The van der Waals surface area contributed by atoms with Gasteiger partial charge in [0.25, 0.3) is 6.43 Å². The van der Waals surface area contributed by atoms with E-state index in [1.165, 1.54) is 0 Å². The number of alkyl halides is 2. The van der Waals surface area contributed by atoms with Crippen LogP contribution >= 0.6 is 34.2 Å². The van der Waals surface area contributed by atoms with Crippen LogP contribution in [0, 0.1) is 3.70 Å². The van der Waals surface area contributed by atoms with Crippen molar-refractivity contribution >= 4 is 40.2 Å². The number of aromatic nitrogens is 1. The van der Waals surface area contributed by atoms with Crippen molar-refractivity contribution in [2.45, 2.75) is 12.8 Å². The maximum absolute atomic E-state index is 12.4. The Balaban J connectivity index is 3.17. The molecule has 15 heavy (non-hydrogen) atoms. The molecular formula is C8H5ClF2INO2. The number of halogens is 4. The molecule has 3 nitrogen and oxygen atoms in total. The van der Waals surface area contributed by atoms with E-state index < -0.39 is 18.0 Å². The van der Waals surface area contributed by atoms with Crippen LogP contribution in [-0.2, 0) is 11.2 Å². The predicted molar refractivity (Wildman–Crippen MR) is 58.3 cm³/mol. The zero-order valence-electron chi connectivity index (χ0n) is 7.18. The van der Waals surface area contributed by atoms with Crippen molar-refractivity contribution in [2.75, 3.05) is 0 Å². The van der Waals surface area contributed by atoms with Crippen molar-refractivity contribution in [3.8, 4) is 0 Å². The largest absolute Gasteiger partial charge is 0.481 e. The fourth-order valence-corrected chi connectivity index (χ4v) is 1.92. The van der Waals surface area contributed by atoms with E-state index >= 15 is 0 Å². The van der Waals surface area contributed by atoms with Crippen LogP contribution < -0.4 is 0 Å². The Hall–Kier alpha value is -0.500. The number of carbonyl (C=O) groups is 1. The highest BCUT2D eigenvalue weighted by Gasteiger charge is 2.17. The van der Waals surface area contributed by atoms with Crippen LogP contribution in [-0.4, -0.2) is 16.1 Å². The number of carboxylic acids is 1. The Labute approximate surface area is 103 Å². The molecule has 0 aliphatic carbocycles. The first-order valence-electron chi connectivity index (χ1n) is 3.76. The molecule has 0 atom stereocenters. The third kappa shape index (κ3) is 3.23. The van der Waals surface area contributed by atoms with E-state index in [0.29, 0.717) is 3.70 Å². The summed E-state index contributed by atoms with van der Waals surface area (Å²) in [5.74, 6) is -1.10. The van der Waals surface area contributed by atoms with Crippen LogP contribution in [0.4, 0.5) is 8.78 Å². The van der Waals surface area contributed by atoms with Crippen molar-refractivity contribution in [3.63, 3.8) is 0 Å². The first kappa shape index (κ1) is 12.6. The lowest BCUT2D eigenvalue weighted by molar-refractivity contribution is -0.136. The molecule has 1 rings (SSSR count). The second kappa shape index (κ2) is 5.02. The quantitative estimate of drug-likeness (QED) is 0.676. The van der Waals surface area contributed by atoms with Crippen molar-refractivity contribution < 1.29 is 18.7 Å². The average Bonchev–Trinajstić information content (AvgIpc) is 2.08. The molecule has 0 unspecified atom stereocenters. The van der Waals surface area contributed by atoms with Crippen molar-refractivity contribution in [1.29, 1.82) is 0 Å². The summed E-state index contributed by atoms with van der Waals surface area (Å²) in [7, 11) is 0. The number of pyridine rings is 1. The minimum Gasteiger partial charge on any atom is -0.481 e. The predicted octanol–water partition coefficient (Wildman–Crippen LogP) is 2.90. The van der Waals surface area contributed by atoms with Gasteiger partial charge in [-0.3, -0.25) is 4.79 Å². The van der Waals surface area contributed by atoms with E-state index in [0.717, 1.165) is 6.07 Å². The molecule has 0 fully saturated rings. The molecule has 0 aliphatic heterocycles. The Bertz CT molecular complexity index is 400. The lowest BCUT2D eigenvalue weighted by atomic mass is 10.1. The fourth-order valence-electron chi connectivity index (χ4n) is 0.969. The highest BCUT2D eigenvalue weighted by Crippen LogP contribution is 2.28. The van der Waals surface area contributed by atoms with Crippen LogP contribution in [0.25, 0.3) is 0 Å². The lowest BCUT2D eigenvalue weighted by Gasteiger charge is -2.06. The topological polar surface area (TPSA) is 50.2 Å². The van der Waals surface area contributed by atoms with Gasteiger partial charge in [0.15, 0.2) is 0 Å². The smallest absolute Gasteiger partial charge is 0.307 e. The second-order valence-corrected chi connectivity index (χ2v) is 4.07. The average molecular weight is 347 g/mol. The van der Waals surface area contributed by atoms with Crippen LogP contribution in [0.3, 0.4) is 0 Å². The molecule has 0 saturated carbocycles. The summed E-state index contributed by atoms with van der Waals surface area (Å²) < 4.78 is 25.1. The van der Waals surface area contributed by atoms with E-state index in [1.54, 1.807) is 22.6 Å². The normalized spacial score (nSPS) is 10.7. The van der Waals surface area contributed by atoms with Crippen LogP contribution in [0.1, 0.15) is 17.6 Å². The summed E-state index contributed by atoms with van der Waals surface area (Å²) >= 11 is 7.25. The van der Waals surface area contributed by atoms with Gasteiger partial charge in [0.2, 0.25) is 0 Å². The molecule has 1 heterocycles. The zero-order chi connectivity index (χ0) is 11.6. The number of carboxylic acid groups (broad SMARTS) is 1. The maximum atomic E-state index is 12.4. The first-order chi connectivity index (χ1) is 6.91. The maximum Gasteiger partial charge on any atom is 0.307 e. The fraction of sp³-hybridized carbons (Fsp3) is 0.250. The van der Waals surface area contributed by atoms with E-state index in [2.05, 4.69) is 4.98 Å². The SMILES string of the molecule is O=C(O)Cc1cc(C(F)F)c(Cl)nc1I. The number of aliphatic carboxylic acids is 1. The lowest BCUT2D eigenvalue weighted by Crippen LogP contribution is -2.05. The summed E-state index contributed by atoms with van der Waals surface area (Å²) in [4.78, 5) is 14.1. The summed E-state index contributed by atoms with van der Waals surface area (Å²) in [6.07, 6.45) is -3.10. The summed E-state index contributed by atoms with van der Waals surface area (Å²) in [6, 6.07) is 1.08. The Kier molecular flexibility index (Phi) is 4.21. The first-order valence-corrected chi connectivity index (χ1v) is 5.22. The van der Waals surface area contributed by atoms with Gasteiger partial charge in [0.1, 0.15) is 8.85 Å². The molecule has 0 aliphatic rings. The molecule has 0 spiro atoms. The van der Waals surface area contributed by atoms with Gasteiger partial charge in [-0.15, -0.1) is 0 Å². The molecule has 7 heteroatoms. The molecule has 82 valence electrons. The molecule has 1 aromatic heterocycles. The number of hydrogen-bond acceptors (Lipinski definition) is 2. The molecule has 1 aromatic rings. The third-order valence-corrected chi connectivity index (χ3v) is 2.84. The van der Waals surface area contributed by atoms with Gasteiger partial charge in [-0.05, 0) is 34.2 Å². The molecule has 0 radical (unpaired) electrons. The highest BCUT2D eigenvalue weighted by atomic mass is 127. The van der Waals surface area contributed by atoms with E-state index in [1.807, 2.05) is 0 Å². The van der Waals surface area contributed by atoms with Crippen molar-refractivity contribution in [1.82, 2.24) is 4.98 Å². The van der Waals surface area contributed by atoms with Gasteiger partial charge in [-0.1, -0.05) is 11.6 Å². The summed E-state index contributed by atoms with van der Waals surface area (Å²) in [5.41, 5.74) is -0.198. The number of rotatable bonds is 3. The van der Waals surface area contributed by atoms with E-state index in [-0.39, 0.29) is 17.1 Å². The molecule has 0 amide bonds. The monoisotopic (exact) mass is 347 g/mol. The van der Waals surface area contributed by atoms with Crippen LogP contribution in [0.5, 0.6) is 0 Å².